The second-order valence-corrected chi connectivity index (χ2v) is 9.06. The second-order valence-electron chi connectivity index (χ2n) is 7.68. The van der Waals surface area contributed by atoms with Gasteiger partial charge >= 0.3 is 0 Å². The molecule has 0 spiro atoms. The molecule has 10 heteroatoms. The smallest absolute Gasteiger partial charge is 0.250 e. The van der Waals surface area contributed by atoms with Gasteiger partial charge < -0.3 is 9.47 Å². The van der Waals surface area contributed by atoms with Gasteiger partial charge in [0, 0.05) is 16.3 Å². The quantitative estimate of drug-likeness (QED) is 0.186. The molecule has 1 amide bonds. The van der Waals surface area contributed by atoms with Crippen molar-refractivity contribution in [1.29, 1.82) is 0 Å². The van der Waals surface area contributed by atoms with Gasteiger partial charge in [-0.3, -0.25) is 9.36 Å². The van der Waals surface area contributed by atoms with Gasteiger partial charge in [0.25, 0.3) is 5.91 Å². The van der Waals surface area contributed by atoms with Crippen LogP contribution in [0.3, 0.4) is 0 Å². The number of hydrogen-bond acceptors (Lipinski definition) is 7. The summed E-state index contributed by atoms with van der Waals surface area (Å²) in [6.45, 7) is 2.03. The highest BCUT2D eigenvalue weighted by Gasteiger charge is 2.17. The van der Waals surface area contributed by atoms with Crippen LogP contribution in [0.5, 0.6) is 11.5 Å². The zero-order chi connectivity index (χ0) is 25.5. The SMILES string of the molecule is COc1ccc(/C=N/NC(=O)CSc2nnc(-c3ccc(C)cc3)n2-c2ccc(Cl)cc2)cc1OC. The lowest BCUT2D eigenvalue weighted by Crippen LogP contribution is -2.20. The standard InChI is InChI=1S/C26H24ClN5O3S/c1-17-4-7-19(8-5-17)25-30-31-26(32(25)21-11-9-20(27)10-12-21)36-16-24(33)29-28-15-18-6-13-22(34-2)23(14-18)35-3/h4-15H,16H2,1-3H3,(H,29,33)/b28-15+. The van der Waals surface area contributed by atoms with Gasteiger partial charge in [0.05, 0.1) is 26.2 Å². The number of nitrogens with zero attached hydrogens (tertiary/aromatic N) is 4. The fourth-order valence-electron chi connectivity index (χ4n) is 3.35. The molecule has 4 aromatic rings. The summed E-state index contributed by atoms with van der Waals surface area (Å²) in [4.78, 5) is 12.5. The molecule has 1 N–H and O–H groups in total. The molecule has 0 fully saturated rings. The summed E-state index contributed by atoms with van der Waals surface area (Å²) >= 11 is 7.35. The van der Waals surface area contributed by atoms with Crippen molar-refractivity contribution in [1.82, 2.24) is 20.2 Å². The third-order valence-electron chi connectivity index (χ3n) is 5.17. The van der Waals surface area contributed by atoms with E-state index in [0.29, 0.717) is 27.5 Å². The van der Waals surface area contributed by atoms with Gasteiger partial charge in [-0.15, -0.1) is 10.2 Å². The number of hydrazone groups is 1. The Morgan fingerprint density at radius 3 is 2.44 bits per heavy atom. The molecule has 3 aromatic carbocycles. The van der Waals surface area contributed by atoms with E-state index in [-0.39, 0.29) is 11.7 Å². The molecule has 1 aromatic heterocycles. The number of carbonyl (C=O) groups excluding carboxylic acids is 1. The van der Waals surface area contributed by atoms with Crippen molar-refractivity contribution in [3.05, 3.63) is 82.9 Å². The molecule has 0 aliphatic carbocycles. The van der Waals surface area contributed by atoms with Gasteiger partial charge in [0.15, 0.2) is 22.5 Å². The molecule has 0 unspecified atom stereocenters. The highest BCUT2D eigenvalue weighted by Crippen LogP contribution is 2.29. The maximum absolute atomic E-state index is 12.5. The molecule has 1 heterocycles. The molecule has 0 saturated heterocycles. The van der Waals surface area contributed by atoms with Crippen molar-refractivity contribution in [2.45, 2.75) is 12.1 Å². The lowest BCUT2D eigenvalue weighted by Gasteiger charge is -2.10. The first-order valence-electron chi connectivity index (χ1n) is 10.9. The molecular weight excluding hydrogens is 498 g/mol. The van der Waals surface area contributed by atoms with E-state index in [2.05, 4.69) is 20.7 Å². The van der Waals surface area contributed by atoms with E-state index in [0.717, 1.165) is 22.4 Å². The Balaban J connectivity index is 1.48. The summed E-state index contributed by atoms with van der Waals surface area (Å²) in [5, 5.41) is 14.0. The molecule has 0 aliphatic heterocycles. The fourth-order valence-corrected chi connectivity index (χ4v) is 4.22. The largest absolute Gasteiger partial charge is 0.493 e. The van der Waals surface area contributed by atoms with E-state index in [1.165, 1.54) is 18.0 Å². The Hall–Kier alpha value is -3.82. The van der Waals surface area contributed by atoms with Crippen LogP contribution in [0.25, 0.3) is 17.1 Å². The Bertz CT molecular complexity index is 1370. The predicted octanol–water partition coefficient (Wildman–Crippen LogP) is 5.16. The fraction of sp³-hybridized carbons (Fsp3) is 0.154. The van der Waals surface area contributed by atoms with Gasteiger partial charge in [-0.25, -0.2) is 5.43 Å². The number of rotatable bonds is 9. The third-order valence-corrected chi connectivity index (χ3v) is 6.35. The molecule has 8 nitrogen and oxygen atoms in total. The zero-order valence-corrected chi connectivity index (χ0v) is 21.5. The first-order chi connectivity index (χ1) is 17.5. The highest BCUT2D eigenvalue weighted by atomic mass is 35.5. The van der Waals surface area contributed by atoms with Crippen LogP contribution >= 0.6 is 23.4 Å². The van der Waals surface area contributed by atoms with Crippen LogP contribution in [0.15, 0.2) is 77.0 Å². The first kappa shape index (κ1) is 25.3. The maximum atomic E-state index is 12.5. The summed E-state index contributed by atoms with van der Waals surface area (Å²) in [6, 6.07) is 20.8. The molecule has 0 radical (unpaired) electrons. The number of hydrogen-bond donors (Lipinski definition) is 1. The highest BCUT2D eigenvalue weighted by molar-refractivity contribution is 7.99. The van der Waals surface area contributed by atoms with Crippen molar-refractivity contribution in [2.24, 2.45) is 5.10 Å². The van der Waals surface area contributed by atoms with E-state index in [4.69, 9.17) is 21.1 Å². The molecule has 0 bridgehead atoms. The zero-order valence-electron chi connectivity index (χ0n) is 19.9. The maximum Gasteiger partial charge on any atom is 0.250 e. The average molecular weight is 522 g/mol. The summed E-state index contributed by atoms with van der Waals surface area (Å²) < 4.78 is 12.4. The van der Waals surface area contributed by atoms with Gasteiger partial charge in [-0.2, -0.15) is 5.10 Å². The average Bonchev–Trinajstić information content (AvgIpc) is 3.32. The first-order valence-corrected chi connectivity index (χ1v) is 12.3. The summed E-state index contributed by atoms with van der Waals surface area (Å²) in [5.41, 5.74) is 6.20. The molecule has 0 atom stereocenters. The van der Waals surface area contributed by atoms with E-state index < -0.39 is 0 Å². The minimum Gasteiger partial charge on any atom is -0.493 e. The number of halogens is 1. The molecule has 36 heavy (non-hydrogen) atoms. The van der Waals surface area contributed by atoms with Crippen molar-refractivity contribution in [3.8, 4) is 28.6 Å². The van der Waals surface area contributed by atoms with Crippen LogP contribution in [0.4, 0.5) is 0 Å². The van der Waals surface area contributed by atoms with Gasteiger partial charge in [0.2, 0.25) is 0 Å². The molecule has 0 aliphatic rings. The van der Waals surface area contributed by atoms with Crippen molar-refractivity contribution in [3.63, 3.8) is 0 Å². The Kier molecular flexibility index (Phi) is 8.24. The van der Waals surface area contributed by atoms with Crippen LogP contribution in [0.1, 0.15) is 11.1 Å². The Morgan fingerprint density at radius 1 is 1.03 bits per heavy atom. The lowest BCUT2D eigenvalue weighted by atomic mass is 10.1. The van der Waals surface area contributed by atoms with Gasteiger partial charge in [0.1, 0.15) is 0 Å². The molecular formula is C26H24ClN5O3S. The summed E-state index contributed by atoms with van der Waals surface area (Å²) in [7, 11) is 3.13. The Morgan fingerprint density at radius 2 is 1.75 bits per heavy atom. The molecule has 184 valence electrons. The number of thioether (sulfide) groups is 1. The number of amides is 1. The number of ether oxygens (including phenoxy) is 2. The number of aryl methyl sites for hydroxylation is 1. The van der Waals surface area contributed by atoms with Gasteiger partial charge in [-0.1, -0.05) is 53.2 Å². The number of aromatic nitrogens is 3. The number of nitrogens with one attached hydrogen (secondary N) is 1. The normalized spacial score (nSPS) is 11.0. The van der Waals surface area contributed by atoms with Crippen LogP contribution < -0.4 is 14.9 Å². The number of benzene rings is 3. The summed E-state index contributed by atoms with van der Waals surface area (Å²) in [6.07, 6.45) is 1.54. The Labute approximate surface area is 218 Å². The lowest BCUT2D eigenvalue weighted by molar-refractivity contribution is -0.118. The predicted molar refractivity (Wildman–Crippen MR) is 143 cm³/mol. The van der Waals surface area contributed by atoms with E-state index in [9.17, 15) is 4.79 Å². The van der Waals surface area contributed by atoms with Crippen LogP contribution in [0, 0.1) is 6.92 Å². The van der Waals surface area contributed by atoms with E-state index in [1.807, 2.05) is 54.0 Å². The van der Waals surface area contributed by atoms with Crippen LogP contribution in [-0.4, -0.2) is 46.9 Å². The second kappa shape index (κ2) is 11.7. The molecule has 4 rings (SSSR count). The topological polar surface area (TPSA) is 90.6 Å². The summed E-state index contributed by atoms with van der Waals surface area (Å²) in [5.74, 6) is 1.69. The minimum absolute atomic E-state index is 0.100. The van der Waals surface area contributed by atoms with Crippen LogP contribution in [0.2, 0.25) is 5.02 Å². The minimum atomic E-state index is -0.278. The van der Waals surface area contributed by atoms with Crippen LogP contribution in [-0.2, 0) is 4.79 Å². The van der Waals surface area contributed by atoms with Gasteiger partial charge in [-0.05, 0) is 55.0 Å². The van der Waals surface area contributed by atoms with Crippen molar-refractivity contribution < 1.29 is 14.3 Å². The van der Waals surface area contributed by atoms with E-state index >= 15 is 0 Å². The van der Waals surface area contributed by atoms with E-state index in [1.54, 1.807) is 38.5 Å². The van der Waals surface area contributed by atoms with Crippen molar-refractivity contribution in [2.75, 3.05) is 20.0 Å². The monoisotopic (exact) mass is 521 g/mol. The van der Waals surface area contributed by atoms with Crippen molar-refractivity contribution >= 4 is 35.5 Å². The molecule has 0 saturated carbocycles. The number of methoxy groups -OCH3 is 2. The third kappa shape index (κ3) is 6.05. The number of carbonyl (C=O) groups is 1.